The Balaban J connectivity index is 2.05. The summed E-state index contributed by atoms with van der Waals surface area (Å²) in [6.45, 7) is 1.51. The van der Waals surface area contributed by atoms with Crippen molar-refractivity contribution >= 4 is 15.5 Å². The maximum absolute atomic E-state index is 11.5. The van der Waals surface area contributed by atoms with E-state index < -0.39 is 9.84 Å². The predicted molar refractivity (Wildman–Crippen MR) is 68.2 cm³/mol. The minimum absolute atomic E-state index is 0.253. The highest BCUT2D eigenvalue weighted by Gasteiger charge is 2.16. The number of benzene rings is 1. The first-order valence-electron chi connectivity index (χ1n) is 5.81. The van der Waals surface area contributed by atoms with E-state index >= 15 is 0 Å². The first-order chi connectivity index (χ1) is 8.07. The number of hydrogen-bond donors (Lipinski definition) is 1. The van der Waals surface area contributed by atoms with Gasteiger partial charge in [-0.05, 0) is 37.1 Å². The first-order valence-corrected chi connectivity index (χ1v) is 7.63. The second-order valence-corrected chi connectivity index (χ2v) is 6.67. The zero-order valence-electron chi connectivity index (χ0n) is 9.67. The van der Waals surface area contributed by atoms with Crippen molar-refractivity contribution < 1.29 is 13.5 Å². The van der Waals surface area contributed by atoms with Gasteiger partial charge in [-0.15, -0.1) is 0 Å². The number of rotatable bonds is 1. The SMILES string of the molecule is O=S1(=O)CCCN(c2ccc(O)cc2)CCC1. The second kappa shape index (κ2) is 4.96. The molecule has 1 heterocycles. The van der Waals surface area contributed by atoms with Crippen LogP contribution in [0.5, 0.6) is 5.75 Å². The van der Waals surface area contributed by atoms with Gasteiger partial charge in [-0.25, -0.2) is 8.42 Å². The third kappa shape index (κ3) is 3.36. The monoisotopic (exact) mass is 255 g/mol. The molecule has 1 aromatic carbocycles. The molecule has 0 bridgehead atoms. The summed E-state index contributed by atoms with van der Waals surface area (Å²) in [5.74, 6) is 0.812. The summed E-state index contributed by atoms with van der Waals surface area (Å²) in [4.78, 5) is 2.17. The van der Waals surface area contributed by atoms with Gasteiger partial charge in [-0.3, -0.25) is 0 Å². The molecule has 0 spiro atoms. The fourth-order valence-electron chi connectivity index (χ4n) is 2.09. The molecule has 0 saturated carbocycles. The van der Waals surface area contributed by atoms with Gasteiger partial charge in [-0.1, -0.05) is 0 Å². The number of phenols is 1. The van der Waals surface area contributed by atoms with E-state index in [0.717, 1.165) is 18.8 Å². The third-order valence-corrected chi connectivity index (χ3v) is 4.80. The summed E-state index contributed by atoms with van der Waals surface area (Å²) in [6, 6.07) is 7.05. The van der Waals surface area contributed by atoms with Gasteiger partial charge in [-0.2, -0.15) is 0 Å². The molecule has 94 valence electrons. The van der Waals surface area contributed by atoms with Crippen molar-refractivity contribution in [2.24, 2.45) is 0 Å². The van der Waals surface area contributed by atoms with Crippen LogP contribution in [0.25, 0.3) is 0 Å². The average molecular weight is 255 g/mol. The Morgan fingerprint density at radius 3 is 2.06 bits per heavy atom. The maximum Gasteiger partial charge on any atom is 0.150 e. The molecule has 1 saturated heterocycles. The van der Waals surface area contributed by atoms with Crippen molar-refractivity contribution in [1.29, 1.82) is 0 Å². The van der Waals surface area contributed by atoms with Gasteiger partial charge < -0.3 is 10.0 Å². The molecule has 17 heavy (non-hydrogen) atoms. The molecule has 1 aliphatic rings. The number of nitrogens with zero attached hydrogens (tertiary/aromatic N) is 1. The Bertz CT molecular complexity index is 451. The standard InChI is InChI=1S/C12H17NO3S/c14-12-5-3-11(4-6-12)13-7-1-9-17(15,16)10-2-8-13/h3-6,14H,1-2,7-10H2. The molecule has 0 aromatic heterocycles. The van der Waals surface area contributed by atoms with Crippen LogP contribution in [0.1, 0.15) is 12.8 Å². The zero-order chi connectivity index (χ0) is 12.3. The average Bonchev–Trinajstić information content (AvgIpc) is 2.25. The van der Waals surface area contributed by atoms with E-state index in [4.69, 9.17) is 0 Å². The fourth-order valence-corrected chi connectivity index (χ4v) is 3.43. The van der Waals surface area contributed by atoms with Crippen LogP contribution in [-0.2, 0) is 9.84 Å². The summed E-state index contributed by atoms with van der Waals surface area (Å²) in [5.41, 5.74) is 1.04. The largest absolute Gasteiger partial charge is 0.508 e. The summed E-state index contributed by atoms with van der Waals surface area (Å²) in [6.07, 6.45) is 1.34. The minimum atomic E-state index is -2.82. The number of anilines is 1. The summed E-state index contributed by atoms with van der Waals surface area (Å²) < 4.78 is 22.9. The van der Waals surface area contributed by atoms with Crippen molar-refractivity contribution in [3.05, 3.63) is 24.3 Å². The van der Waals surface area contributed by atoms with Crippen LogP contribution in [-0.4, -0.2) is 38.1 Å². The van der Waals surface area contributed by atoms with Gasteiger partial charge in [0.15, 0.2) is 0 Å². The molecule has 0 unspecified atom stereocenters. The lowest BCUT2D eigenvalue weighted by molar-refractivity contribution is 0.475. The van der Waals surface area contributed by atoms with E-state index in [-0.39, 0.29) is 17.3 Å². The zero-order valence-corrected chi connectivity index (χ0v) is 10.5. The van der Waals surface area contributed by atoms with Crippen molar-refractivity contribution in [3.63, 3.8) is 0 Å². The molecule has 0 amide bonds. The molecular weight excluding hydrogens is 238 g/mol. The van der Waals surface area contributed by atoms with Crippen LogP contribution < -0.4 is 4.90 Å². The molecule has 4 nitrogen and oxygen atoms in total. The van der Waals surface area contributed by atoms with Crippen LogP contribution >= 0.6 is 0 Å². The highest BCUT2D eigenvalue weighted by atomic mass is 32.2. The van der Waals surface area contributed by atoms with Gasteiger partial charge in [0, 0.05) is 18.8 Å². The van der Waals surface area contributed by atoms with Crippen LogP contribution in [0.4, 0.5) is 5.69 Å². The van der Waals surface area contributed by atoms with E-state index in [2.05, 4.69) is 4.90 Å². The Kier molecular flexibility index (Phi) is 3.57. The molecule has 1 aliphatic heterocycles. The van der Waals surface area contributed by atoms with Crippen LogP contribution in [0.3, 0.4) is 0 Å². The van der Waals surface area contributed by atoms with Crippen molar-refractivity contribution in [2.75, 3.05) is 29.5 Å². The predicted octanol–water partition coefficient (Wildman–Crippen LogP) is 1.41. The Hall–Kier alpha value is -1.23. The van der Waals surface area contributed by atoms with Gasteiger partial charge in [0.2, 0.25) is 0 Å². The smallest absolute Gasteiger partial charge is 0.150 e. The molecule has 0 atom stereocenters. The van der Waals surface area contributed by atoms with Crippen LogP contribution in [0.15, 0.2) is 24.3 Å². The van der Waals surface area contributed by atoms with Crippen molar-refractivity contribution in [1.82, 2.24) is 0 Å². The highest BCUT2D eigenvalue weighted by molar-refractivity contribution is 7.91. The van der Waals surface area contributed by atoms with Crippen molar-refractivity contribution in [3.8, 4) is 5.75 Å². The molecule has 2 rings (SSSR count). The van der Waals surface area contributed by atoms with Crippen LogP contribution in [0.2, 0.25) is 0 Å². The molecule has 1 fully saturated rings. The van der Waals surface area contributed by atoms with Gasteiger partial charge >= 0.3 is 0 Å². The number of phenolic OH excluding ortho intramolecular Hbond substituents is 1. The van der Waals surface area contributed by atoms with E-state index in [0.29, 0.717) is 12.8 Å². The Morgan fingerprint density at radius 2 is 1.53 bits per heavy atom. The first kappa shape index (κ1) is 12.2. The molecule has 1 N–H and O–H groups in total. The lowest BCUT2D eigenvalue weighted by atomic mass is 10.2. The topological polar surface area (TPSA) is 57.6 Å². The Labute approximate surface area is 102 Å². The normalized spacial score (nSPS) is 20.6. The quantitative estimate of drug-likeness (QED) is 0.824. The molecule has 0 radical (unpaired) electrons. The lowest BCUT2D eigenvalue weighted by Gasteiger charge is -2.26. The van der Waals surface area contributed by atoms with Gasteiger partial charge in [0.1, 0.15) is 15.6 Å². The van der Waals surface area contributed by atoms with E-state index in [1.807, 2.05) is 12.1 Å². The van der Waals surface area contributed by atoms with Gasteiger partial charge in [0.05, 0.1) is 11.5 Å². The van der Waals surface area contributed by atoms with E-state index in [9.17, 15) is 13.5 Å². The lowest BCUT2D eigenvalue weighted by Crippen LogP contribution is -2.31. The molecule has 1 aromatic rings. The van der Waals surface area contributed by atoms with E-state index in [1.54, 1.807) is 12.1 Å². The highest BCUT2D eigenvalue weighted by Crippen LogP contribution is 2.20. The fraction of sp³-hybridized carbons (Fsp3) is 0.500. The Morgan fingerprint density at radius 1 is 1.00 bits per heavy atom. The number of aromatic hydroxyl groups is 1. The summed E-state index contributed by atoms with van der Waals surface area (Å²) in [7, 11) is -2.82. The second-order valence-electron chi connectivity index (χ2n) is 4.36. The van der Waals surface area contributed by atoms with E-state index in [1.165, 1.54) is 0 Å². The molecule has 0 aliphatic carbocycles. The van der Waals surface area contributed by atoms with Crippen LogP contribution in [0, 0.1) is 0 Å². The number of hydrogen-bond acceptors (Lipinski definition) is 4. The minimum Gasteiger partial charge on any atom is -0.508 e. The summed E-state index contributed by atoms with van der Waals surface area (Å²) in [5, 5.41) is 9.23. The summed E-state index contributed by atoms with van der Waals surface area (Å²) >= 11 is 0. The molecular formula is C12H17NO3S. The maximum atomic E-state index is 11.5. The number of sulfone groups is 1. The third-order valence-electron chi connectivity index (χ3n) is 2.98. The van der Waals surface area contributed by atoms with Gasteiger partial charge in [0.25, 0.3) is 0 Å². The van der Waals surface area contributed by atoms with Crippen molar-refractivity contribution in [2.45, 2.75) is 12.8 Å². The molecule has 5 heteroatoms.